The molecule has 0 aliphatic carbocycles. The average molecular weight is 286 g/mol. The van der Waals surface area contributed by atoms with E-state index < -0.39 is 5.97 Å². The van der Waals surface area contributed by atoms with Gasteiger partial charge in [-0.3, -0.25) is 4.79 Å². The Balaban J connectivity index is 2.94. The molecule has 0 radical (unpaired) electrons. The molecule has 0 aliphatic rings. The lowest BCUT2D eigenvalue weighted by Crippen LogP contribution is -1.93. The Kier molecular flexibility index (Phi) is 16.0. The first-order valence-corrected chi connectivity index (χ1v) is 8.48. The number of carboxylic acids is 1. The number of hydrogen-bond donors (Lipinski definition) is 1. The first-order valence-electron chi connectivity index (χ1n) is 8.48. The number of hydrogen-bond acceptors (Lipinski definition) is 2. The monoisotopic (exact) mass is 286 g/mol. The molecule has 3 heteroatoms. The lowest BCUT2D eigenvalue weighted by atomic mass is 10.0. The Bertz CT molecular complexity index is 204. The number of unbranched alkanes of at least 4 members (excludes halogenated alkanes) is 12. The predicted octanol–water partition coefficient (Wildman–Crippen LogP) is 5.18. The minimum absolute atomic E-state index is 0.338. The summed E-state index contributed by atoms with van der Waals surface area (Å²) < 4.78 is 5.03. The SMILES string of the molecule is COCCCCCCCCCCCCCCCC(=O)O. The van der Waals surface area contributed by atoms with E-state index in [1.807, 2.05) is 0 Å². The number of carbonyl (C=O) groups is 1. The maximum atomic E-state index is 10.3. The molecule has 0 fully saturated rings. The van der Waals surface area contributed by atoms with Crippen molar-refractivity contribution < 1.29 is 14.6 Å². The number of methoxy groups -OCH3 is 1. The van der Waals surface area contributed by atoms with Gasteiger partial charge in [0.2, 0.25) is 0 Å². The van der Waals surface area contributed by atoms with Gasteiger partial charge in [-0.1, -0.05) is 70.6 Å². The van der Waals surface area contributed by atoms with Crippen molar-refractivity contribution in [3.05, 3.63) is 0 Å². The summed E-state index contributed by atoms with van der Waals surface area (Å²) >= 11 is 0. The Hall–Kier alpha value is -0.570. The molecule has 0 aromatic heterocycles. The van der Waals surface area contributed by atoms with Gasteiger partial charge < -0.3 is 9.84 Å². The second-order valence-electron chi connectivity index (χ2n) is 5.73. The molecule has 0 spiro atoms. The smallest absolute Gasteiger partial charge is 0.303 e. The Morgan fingerprint density at radius 3 is 1.40 bits per heavy atom. The molecule has 0 saturated heterocycles. The van der Waals surface area contributed by atoms with Gasteiger partial charge in [-0.15, -0.1) is 0 Å². The van der Waals surface area contributed by atoms with E-state index in [2.05, 4.69) is 0 Å². The third-order valence-electron chi connectivity index (χ3n) is 3.74. The maximum Gasteiger partial charge on any atom is 0.303 e. The number of rotatable bonds is 16. The van der Waals surface area contributed by atoms with Gasteiger partial charge in [0.1, 0.15) is 0 Å². The summed E-state index contributed by atoms with van der Waals surface area (Å²) in [6.07, 6.45) is 16.8. The van der Waals surface area contributed by atoms with Crippen molar-refractivity contribution in [1.82, 2.24) is 0 Å². The van der Waals surface area contributed by atoms with E-state index in [0.29, 0.717) is 6.42 Å². The van der Waals surface area contributed by atoms with Crippen LogP contribution in [0, 0.1) is 0 Å². The molecule has 20 heavy (non-hydrogen) atoms. The van der Waals surface area contributed by atoms with Crippen LogP contribution in [0.1, 0.15) is 89.9 Å². The highest BCUT2D eigenvalue weighted by Gasteiger charge is 1.97. The second kappa shape index (κ2) is 16.5. The number of aliphatic carboxylic acids is 1. The fourth-order valence-corrected chi connectivity index (χ4v) is 2.47. The van der Waals surface area contributed by atoms with E-state index >= 15 is 0 Å². The van der Waals surface area contributed by atoms with Gasteiger partial charge in [0.25, 0.3) is 0 Å². The third kappa shape index (κ3) is 17.4. The summed E-state index contributed by atoms with van der Waals surface area (Å²) in [6, 6.07) is 0. The minimum atomic E-state index is -0.660. The molecule has 0 aromatic carbocycles. The number of carboxylic acid groups (broad SMARTS) is 1. The van der Waals surface area contributed by atoms with E-state index in [-0.39, 0.29) is 0 Å². The summed E-state index contributed by atoms with van der Waals surface area (Å²) in [5, 5.41) is 8.51. The first kappa shape index (κ1) is 19.4. The van der Waals surface area contributed by atoms with Gasteiger partial charge in [-0.2, -0.15) is 0 Å². The molecular weight excluding hydrogens is 252 g/mol. The van der Waals surface area contributed by atoms with Gasteiger partial charge in [0.05, 0.1) is 0 Å². The highest BCUT2D eigenvalue weighted by atomic mass is 16.5. The van der Waals surface area contributed by atoms with Crippen LogP contribution in [0.2, 0.25) is 0 Å². The highest BCUT2D eigenvalue weighted by molar-refractivity contribution is 5.66. The maximum absolute atomic E-state index is 10.3. The summed E-state index contributed by atoms with van der Waals surface area (Å²) in [5.41, 5.74) is 0. The van der Waals surface area contributed by atoms with Crippen molar-refractivity contribution in [2.24, 2.45) is 0 Å². The molecule has 0 heterocycles. The molecule has 0 amide bonds. The van der Waals surface area contributed by atoms with E-state index in [1.165, 1.54) is 70.6 Å². The van der Waals surface area contributed by atoms with Gasteiger partial charge in [-0.05, 0) is 12.8 Å². The Labute approximate surface area is 125 Å². The summed E-state index contributed by atoms with van der Waals surface area (Å²) in [5.74, 6) is -0.660. The van der Waals surface area contributed by atoms with Crippen molar-refractivity contribution in [3.8, 4) is 0 Å². The summed E-state index contributed by atoms with van der Waals surface area (Å²) in [7, 11) is 1.77. The second-order valence-corrected chi connectivity index (χ2v) is 5.73. The van der Waals surface area contributed by atoms with Crippen molar-refractivity contribution in [1.29, 1.82) is 0 Å². The van der Waals surface area contributed by atoms with Crippen molar-refractivity contribution in [2.75, 3.05) is 13.7 Å². The van der Waals surface area contributed by atoms with Crippen LogP contribution in [0.3, 0.4) is 0 Å². The van der Waals surface area contributed by atoms with Gasteiger partial charge in [0, 0.05) is 20.1 Å². The normalized spacial score (nSPS) is 10.8. The molecule has 0 unspecified atom stereocenters. The molecule has 0 aliphatic heterocycles. The fourth-order valence-electron chi connectivity index (χ4n) is 2.47. The quantitative estimate of drug-likeness (QED) is 0.398. The Morgan fingerprint density at radius 2 is 1.05 bits per heavy atom. The van der Waals surface area contributed by atoms with Crippen molar-refractivity contribution in [3.63, 3.8) is 0 Å². The molecule has 0 rings (SSSR count). The van der Waals surface area contributed by atoms with E-state index in [1.54, 1.807) is 7.11 Å². The van der Waals surface area contributed by atoms with E-state index in [0.717, 1.165) is 19.4 Å². The van der Waals surface area contributed by atoms with Crippen LogP contribution >= 0.6 is 0 Å². The highest BCUT2D eigenvalue weighted by Crippen LogP contribution is 2.12. The van der Waals surface area contributed by atoms with Crippen LogP contribution in [0.25, 0.3) is 0 Å². The largest absolute Gasteiger partial charge is 0.481 e. The van der Waals surface area contributed by atoms with Gasteiger partial charge in [0.15, 0.2) is 0 Å². The summed E-state index contributed by atoms with van der Waals surface area (Å²) in [6.45, 7) is 0.909. The van der Waals surface area contributed by atoms with Crippen molar-refractivity contribution >= 4 is 5.97 Å². The van der Waals surface area contributed by atoms with Crippen LogP contribution < -0.4 is 0 Å². The molecule has 0 bridgehead atoms. The average Bonchev–Trinajstić information content (AvgIpc) is 2.43. The lowest BCUT2D eigenvalue weighted by molar-refractivity contribution is -0.137. The van der Waals surface area contributed by atoms with Crippen molar-refractivity contribution in [2.45, 2.75) is 89.9 Å². The zero-order valence-corrected chi connectivity index (χ0v) is 13.4. The molecule has 0 saturated carbocycles. The van der Waals surface area contributed by atoms with Gasteiger partial charge in [-0.25, -0.2) is 0 Å². The fraction of sp³-hybridized carbons (Fsp3) is 0.941. The third-order valence-corrected chi connectivity index (χ3v) is 3.74. The topological polar surface area (TPSA) is 46.5 Å². The predicted molar refractivity (Wildman–Crippen MR) is 84.1 cm³/mol. The minimum Gasteiger partial charge on any atom is -0.481 e. The first-order chi connectivity index (χ1) is 9.77. The van der Waals surface area contributed by atoms with E-state index in [9.17, 15) is 4.79 Å². The lowest BCUT2D eigenvalue weighted by Gasteiger charge is -2.03. The van der Waals surface area contributed by atoms with Crippen LogP contribution in [0.5, 0.6) is 0 Å². The standard InChI is InChI=1S/C17H34O3/c1-20-16-14-12-10-8-6-4-2-3-5-7-9-11-13-15-17(18)19/h2-16H2,1H3,(H,18,19). The van der Waals surface area contributed by atoms with Gasteiger partial charge >= 0.3 is 5.97 Å². The molecule has 120 valence electrons. The molecule has 3 nitrogen and oxygen atoms in total. The van der Waals surface area contributed by atoms with Crippen LogP contribution in [0.4, 0.5) is 0 Å². The zero-order valence-electron chi connectivity index (χ0n) is 13.4. The molecule has 1 N–H and O–H groups in total. The Morgan fingerprint density at radius 1 is 0.700 bits per heavy atom. The molecule has 0 atom stereocenters. The molecule has 0 aromatic rings. The van der Waals surface area contributed by atoms with Crippen LogP contribution in [-0.4, -0.2) is 24.8 Å². The zero-order chi connectivity index (χ0) is 14.9. The number of ether oxygens (including phenoxy) is 1. The summed E-state index contributed by atoms with van der Waals surface area (Å²) in [4.78, 5) is 10.3. The molecular formula is C17H34O3. The van der Waals surface area contributed by atoms with E-state index in [4.69, 9.17) is 9.84 Å². The van der Waals surface area contributed by atoms with Crippen LogP contribution in [-0.2, 0) is 9.53 Å². The van der Waals surface area contributed by atoms with Crippen LogP contribution in [0.15, 0.2) is 0 Å².